The maximum atomic E-state index is 12.3. The molecule has 0 spiro atoms. The number of para-hydroxylation sites is 1. The minimum Gasteiger partial charge on any atom is -0.395 e. The lowest BCUT2D eigenvalue weighted by Crippen LogP contribution is -2.35. The first kappa shape index (κ1) is 14.8. The Kier molecular flexibility index (Phi) is 4.24. The Morgan fingerprint density at radius 1 is 1.32 bits per heavy atom. The highest BCUT2D eigenvalue weighted by Gasteiger charge is 2.31. The number of amides is 1. The Morgan fingerprint density at radius 3 is 2.82 bits per heavy atom. The molecule has 1 saturated carbocycles. The van der Waals surface area contributed by atoms with Crippen molar-refractivity contribution in [3.63, 3.8) is 0 Å². The molecule has 2 aromatic rings. The number of benzene rings is 1. The molecule has 0 unspecified atom stereocenters. The van der Waals surface area contributed by atoms with E-state index in [1.165, 1.54) is 0 Å². The van der Waals surface area contributed by atoms with Crippen molar-refractivity contribution in [2.75, 3.05) is 13.2 Å². The number of aryl methyl sites for hydroxylation is 1. The lowest BCUT2D eigenvalue weighted by Gasteiger charge is -2.21. The number of hydrogen-bond acceptors (Lipinski definition) is 3. The van der Waals surface area contributed by atoms with E-state index in [0.717, 1.165) is 23.7 Å². The standard InChI is InChI=1S/C17H20N2O3/c20-10-9-19(14-6-7-14)16(21)8-5-13-11-12-3-1-2-4-15(12)18-17(13)22/h1-4,11,14,20H,5-10H2,(H,18,22). The van der Waals surface area contributed by atoms with Crippen molar-refractivity contribution in [1.29, 1.82) is 0 Å². The fourth-order valence-electron chi connectivity index (χ4n) is 2.77. The second-order valence-corrected chi connectivity index (χ2v) is 5.75. The van der Waals surface area contributed by atoms with Gasteiger partial charge in [-0.3, -0.25) is 9.59 Å². The zero-order chi connectivity index (χ0) is 15.5. The summed E-state index contributed by atoms with van der Waals surface area (Å²) in [7, 11) is 0. The van der Waals surface area contributed by atoms with Crippen LogP contribution in [0.5, 0.6) is 0 Å². The molecular weight excluding hydrogens is 280 g/mol. The second-order valence-electron chi connectivity index (χ2n) is 5.75. The molecule has 1 aliphatic rings. The largest absolute Gasteiger partial charge is 0.395 e. The summed E-state index contributed by atoms with van der Waals surface area (Å²) < 4.78 is 0. The van der Waals surface area contributed by atoms with E-state index in [1.54, 1.807) is 4.90 Å². The second kappa shape index (κ2) is 6.32. The summed E-state index contributed by atoms with van der Waals surface area (Å²) in [4.78, 5) is 28.9. The number of aliphatic hydroxyl groups is 1. The molecule has 5 heteroatoms. The normalized spacial score (nSPS) is 14.2. The first-order valence-corrected chi connectivity index (χ1v) is 7.70. The van der Waals surface area contributed by atoms with E-state index in [1.807, 2.05) is 30.3 Å². The number of fused-ring (bicyclic) bond motifs is 1. The molecule has 3 rings (SSSR count). The minimum absolute atomic E-state index is 0.0151. The summed E-state index contributed by atoms with van der Waals surface area (Å²) in [6, 6.07) is 9.75. The van der Waals surface area contributed by atoms with Gasteiger partial charge < -0.3 is 15.0 Å². The van der Waals surface area contributed by atoms with Crippen LogP contribution in [0.1, 0.15) is 24.8 Å². The summed E-state index contributed by atoms with van der Waals surface area (Å²) in [6.07, 6.45) is 2.76. The average molecular weight is 300 g/mol. The number of hydrogen-bond donors (Lipinski definition) is 2. The van der Waals surface area contributed by atoms with Gasteiger partial charge in [-0.2, -0.15) is 0 Å². The van der Waals surface area contributed by atoms with Gasteiger partial charge in [-0.15, -0.1) is 0 Å². The SMILES string of the molecule is O=C(CCc1cc2ccccc2[nH]c1=O)N(CCO)C1CC1. The van der Waals surface area contributed by atoms with E-state index >= 15 is 0 Å². The van der Waals surface area contributed by atoms with Gasteiger partial charge in [-0.1, -0.05) is 18.2 Å². The third-order valence-electron chi connectivity index (χ3n) is 4.09. The number of pyridine rings is 1. The molecule has 1 aromatic carbocycles. The Balaban J connectivity index is 1.71. The van der Waals surface area contributed by atoms with Gasteiger partial charge in [0.2, 0.25) is 5.91 Å². The number of carbonyl (C=O) groups excluding carboxylic acids is 1. The number of carbonyl (C=O) groups is 1. The smallest absolute Gasteiger partial charge is 0.251 e. The van der Waals surface area contributed by atoms with E-state index in [-0.39, 0.29) is 24.1 Å². The summed E-state index contributed by atoms with van der Waals surface area (Å²) in [5.41, 5.74) is 1.31. The van der Waals surface area contributed by atoms with Crippen molar-refractivity contribution in [3.8, 4) is 0 Å². The molecule has 22 heavy (non-hydrogen) atoms. The van der Waals surface area contributed by atoms with Crippen LogP contribution in [0.4, 0.5) is 0 Å². The molecule has 1 amide bonds. The molecule has 116 valence electrons. The predicted octanol–water partition coefficient (Wildman–Crippen LogP) is 1.44. The number of aromatic amines is 1. The zero-order valence-corrected chi connectivity index (χ0v) is 12.4. The molecular formula is C17H20N2O3. The maximum absolute atomic E-state index is 12.3. The Labute approximate surface area is 128 Å². The molecule has 2 N–H and O–H groups in total. The van der Waals surface area contributed by atoms with Crippen molar-refractivity contribution in [3.05, 3.63) is 46.2 Å². The highest BCUT2D eigenvalue weighted by Crippen LogP contribution is 2.27. The van der Waals surface area contributed by atoms with Gasteiger partial charge in [-0.05, 0) is 36.8 Å². The van der Waals surface area contributed by atoms with Crippen molar-refractivity contribution < 1.29 is 9.90 Å². The molecule has 0 saturated heterocycles. The van der Waals surface area contributed by atoms with Crippen LogP contribution in [0.15, 0.2) is 35.1 Å². The lowest BCUT2D eigenvalue weighted by atomic mass is 10.1. The quantitative estimate of drug-likeness (QED) is 0.848. The van der Waals surface area contributed by atoms with Gasteiger partial charge in [0.1, 0.15) is 0 Å². The van der Waals surface area contributed by atoms with E-state index in [9.17, 15) is 9.59 Å². The molecule has 0 bridgehead atoms. The fraction of sp³-hybridized carbons (Fsp3) is 0.412. The highest BCUT2D eigenvalue weighted by molar-refractivity contribution is 5.79. The van der Waals surface area contributed by atoms with Crippen LogP contribution in [0, 0.1) is 0 Å². The molecule has 0 radical (unpaired) electrons. The monoisotopic (exact) mass is 300 g/mol. The van der Waals surface area contributed by atoms with Crippen LogP contribution in [0.2, 0.25) is 0 Å². The summed E-state index contributed by atoms with van der Waals surface area (Å²) in [6.45, 7) is 0.371. The first-order chi connectivity index (χ1) is 10.7. The number of rotatable bonds is 6. The van der Waals surface area contributed by atoms with Crippen LogP contribution in [-0.4, -0.2) is 40.1 Å². The van der Waals surface area contributed by atoms with E-state index in [4.69, 9.17) is 5.11 Å². The Hall–Kier alpha value is -2.14. The first-order valence-electron chi connectivity index (χ1n) is 7.70. The minimum atomic E-state index is -0.133. The van der Waals surface area contributed by atoms with Crippen molar-refractivity contribution >= 4 is 16.8 Å². The van der Waals surface area contributed by atoms with Gasteiger partial charge in [0.15, 0.2) is 0 Å². The van der Waals surface area contributed by atoms with E-state index < -0.39 is 0 Å². The third kappa shape index (κ3) is 3.20. The van der Waals surface area contributed by atoms with Crippen LogP contribution in [-0.2, 0) is 11.2 Å². The maximum Gasteiger partial charge on any atom is 0.251 e. The van der Waals surface area contributed by atoms with Gasteiger partial charge in [0, 0.05) is 30.1 Å². The van der Waals surface area contributed by atoms with Crippen LogP contribution < -0.4 is 5.56 Å². The summed E-state index contributed by atoms with van der Waals surface area (Å²) >= 11 is 0. The number of aliphatic hydroxyl groups excluding tert-OH is 1. The molecule has 0 atom stereocenters. The topological polar surface area (TPSA) is 73.4 Å². The Morgan fingerprint density at radius 2 is 2.09 bits per heavy atom. The van der Waals surface area contributed by atoms with E-state index in [2.05, 4.69) is 4.98 Å². The molecule has 1 heterocycles. The average Bonchev–Trinajstić information content (AvgIpc) is 3.35. The number of nitrogens with one attached hydrogen (secondary N) is 1. The number of aromatic nitrogens is 1. The van der Waals surface area contributed by atoms with E-state index in [0.29, 0.717) is 24.9 Å². The van der Waals surface area contributed by atoms with Crippen LogP contribution in [0.25, 0.3) is 10.9 Å². The molecule has 1 fully saturated rings. The van der Waals surface area contributed by atoms with Crippen molar-refractivity contribution in [2.45, 2.75) is 31.7 Å². The summed E-state index contributed by atoms with van der Waals surface area (Å²) in [5, 5.41) is 10.0. The van der Waals surface area contributed by atoms with Gasteiger partial charge in [0.05, 0.1) is 6.61 Å². The zero-order valence-electron chi connectivity index (χ0n) is 12.4. The van der Waals surface area contributed by atoms with Crippen molar-refractivity contribution in [2.24, 2.45) is 0 Å². The molecule has 1 aromatic heterocycles. The molecule has 0 aliphatic heterocycles. The van der Waals surface area contributed by atoms with Crippen molar-refractivity contribution in [1.82, 2.24) is 9.88 Å². The Bertz CT molecular complexity index is 734. The van der Waals surface area contributed by atoms with Gasteiger partial charge in [-0.25, -0.2) is 0 Å². The molecule has 5 nitrogen and oxygen atoms in total. The highest BCUT2D eigenvalue weighted by atomic mass is 16.3. The van der Waals surface area contributed by atoms with Gasteiger partial charge in [0.25, 0.3) is 5.56 Å². The third-order valence-corrected chi connectivity index (χ3v) is 4.09. The predicted molar refractivity (Wildman–Crippen MR) is 84.7 cm³/mol. The summed E-state index contributed by atoms with van der Waals surface area (Å²) in [5.74, 6) is 0.0177. The number of nitrogens with zero attached hydrogens (tertiary/aromatic N) is 1. The van der Waals surface area contributed by atoms with Gasteiger partial charge >= 0.3 is 0 Å². The molecule has 1 aliphatic carbocycles. The van der Waals surface area contributed by atoms with Crippen LogP contribution in [0.3, 0.4) is 0 Å². The fourth-order valence-corrected chi connectivity index (χ4v) is 2.77. The lowest BCUT2D eigenvalue weighted by molar-refractivity contribution is -0.132. The number of H-pyrrole nitrogens is 1. The van der Waals surface area contributed by atoms with Crippen LogP contribution >= 0.6 is 0 Å².